The second-order valence-corrected chi connectivity index (χ2v) is 3.06. The second-order valence-electron chi connectivity index (χ2n) is 3.06. The van der Waals surface area contributed by atoms with Gasteiger partial charge in [-0.2, -0.15) is 0 Å². The van der Waals surface area contributed by atoms with E-state index in [2.05, 4.69) is 10.3 Å². The lowest BCUT2D eigenvalue weighted by molar-refractivity contribution is -0.121. The van der Waals surface area contributed by atoms with E-state index in [1.807, 2.05) is 6.92 Å². The van der Waals surface area contributed by atoms with Gasteiger partial charge in [0.15, 0.2) is 0 Å². The molecular formula is C9H13N3O3. The van der Waals surface area contributed by atoms with Crippen LogP contribution in [0.25, 0.3) is 0 Å². The molecule has 0 radical (unpaired) electrons. The number of hydrogen-bond donors (Lipinski definition) is 2. The average molecular weight is 211 g/mol. The van der Waals surface area contributed by atoms with Crippen molar-refractivity contribution in [3.8, 4) is 0 Å². The van der Waals surface area contributed by atoms with E-state index in [1.165, 1.54) is 12.3 Å². The van der Waals surface area contributed by atoms with Crippen LogP contribution in [0.5, 0.6) is 0 Å². The lowest BCUT2D eigenvalue weighted by Crippen LogP contribution is -2.40. The standard InChI is InChI=1S/C9H13N3O3/c1-2-4-10-7(13)6-12-8(14)3-5-11-9(12)15/h3,5H,2,4,6H2,1H3,(H,10,13)(H,11,15). The molecule has 0 aliphatic heterocycles. The molecule has 0 saturated carbocycles. The summed E-state index contributed by atoms with van der Waals surface area (Å²) in [5, 5.41) is 2.58. The molecule has 2 N–H and O–H groups in total. The number of carbonyl (C=O) groups excluding carboxylic acids is 1. The highest BCUT2D eigenvalue weighted by molar-refractivity contribution is 5.75. The minimum absolute atomic E-state index is 0.241. The Morgan fingerprint density at radius 2 is 2.27 bits per heavy atom. The van der Waals surface area contributed by atoms with Crippen LogP contribution in [-0.2, 0) is 11.3 Å². The zero-order chi connectivity index (χ0) is 11.3. The van der Waals surface area contributed by atoms with E-state index in [0.29, 0.717) is 6.54 Å². The third kappa shape index (κ3) is 3.08. The predicted molar refractivity (Wildman–Crippen MR) is 54.6 cm³/mol. The van der Waals surface area contributed by atoms with Gasteiger partial charge in [0.2, 0.25) is 5.91 Å². The van der Waals surface area contributed by atoms with Gasteiger partial charge in [-0.15, -0.1) is 0 Å². The molecule has 0 fully saturated rings. The quantitative estimate of drug-likeness (QED) is 0.674. The Kier molecular flexibility index (Phi) is 3.84. The van der Waals surface area contributed by atoms with Gasteiger partial charge in [-0.25, -0.2) is 4.79 Å². The third-order valence-corrected chi connectivity index (χ3v) is 1.82. The van der Waals surface area contributed by atoms with Gasteiger partial charge in [-0.3, -0.25) is 14.2 Å². The fraction of sp³-hybridized carbons (Fsp3) is 0.444. The molecule has 15 heavy (non-hydrogen) atoms. The van der Waals surface area contributed by atoms with Crippen LogP contribution in [0.15, 0.2) is 21.9 Å². The molecule has 0 spiro atoms. The van der Waals surface area contributed by atoms with Crippen molar-refractivity contribution in [3.63, 3.8) is 0 Å². The van der Waals surface area contributed by atoms with Crippen LogP contribution in [-0.4, -0.2) is 22.0 Å². The van der Waals surface area contributed by atoms with Crippen molar-refractivity contribution in [2.24, 2.45) is 0 Å². The Morgan fingerprint density at radius 3 is 2.87 bits per heavy atom. The number of amides is 1. The zero-order valence-electron chi connectivity index (χ0n) is 8.45. The van der Waals surface area contributed by atoms with Crippen molar-refractivity contribution in [1.29, 1.82) is 0 Å². The Labute approximate surface area is 85.9 Å². The summed E-state index contributed by atoms with van der Waals surface area (Å²) < 4.78 is 0.852. The van der Waals surface area contributed by atoms with Gasteiger partial charge >= 0.3 is 5.69 Å². The molecule has 1 aromatic rings. The van der Waals surface area contributed by atoms with Gasteiger partial charge in [-0.05, 0) is 6.42 Å². The zero-order valence-corrected chi connectivity index (χ0v) is 8.45. The molecule has 6 heteroatoms. The van der Waals surface area contributed by atoms with Gasteiger partial charge < -0.3 is 10.3 Å². The average Bonchev–Trinajstić information content (AvgIpc) is 2.21. The topological polar surface area (TPSA) is 84.0 Å². The van der Waals surface area contributed by atoms with Crippen molar-refractivity contribution in [3.05, 3.63) is 33.1 Å². The first kappa shape index (κ1) is 11.2. The molecule has 0 aromatic carbocycles. The molecule has 0 bridgehead atoms. The van der Waals surface area contributed by atoms with Crippen LogP contribution < -0.4 is 16.6 Å². The maximum absolute atomic E-state index is 11.3. The van der Waals surface area contributed by atoms with E-state index in [-0.39, 0.29) is 12.5 Å². The summed E-state index contributed by atoms with van der Waals surface area (Å²) in [5.41, 5.74) is -1.06. The molecule has 0 unspecified atom stereocenters. The van der Waals surface area contributed by atoms with Gasteiger partial charge in [0.05, 0.1) is 0 Å². The van der Waals surface area contributed by atoms with E-state index in [0.717, 1.165) is 11.0 Å². The number of aromatic amines is 1. The normalized spacial score (nSPS) is 9.93. The Hall–Kier alpha value is -1.85. The lowest BCUT2D eigenvalue weighted by Gasteiger charge is -2.04. The van der Waals surface area contributed by atoms with Crippen LogP contribution in [0.4, 0.5) is 0 Å². The number of H-pyrrole nitrogens is 1. The first-order chi connectivity index (χ1) is 7.15. The third-order valence-electron chi connectivity index (χ3n) is 1.82. The number of nitrogens with zero attached hydrogens (tertiary/aromatic N) is 1. The van der Waals surface area contributed by atoms with Crippen molar-refractivity contribution < 1.29 is 4.79 Å². The number of hydrogen-bond acceptors (Lipinski definition) is 3. The second kappa shape index (κ2) is 5.14. The Bertz CT molecular complexity index is 418. The summed E-state index contributed by atoms with van der Waals surface area (Å²) in [5.74, 6) is -0.337. The molecule has 0 aliphatic carbocycles. The molecule has 1 aromatic heterocycles. The molecule has 0 saturated heterocycles. The maximum Gasteiger partial charge on any atom is 0.328 e. The first-order valence-electron chi connectivity index (χ1n) is 4.70. The first-order valence-corrected chi connectivity index (χ1v) is 4.70. The van der Waals surface area contributed by atoms with Crippen molar-refractivity contribution in [1.82, 2.24) is 14.9 Å². The minimum Gasteiger partial charge on any atom is -0.355 e. The summed E-state index contributed by atoms with van der Waals surface area (Å²) in [6, 6.07) is 1.20. The highest BCUT2D eigenvalue weighted by atomic mass is 16.2. The fourth-order valence-corrected chi connectivity index (χ4v) is 1.07. The van der Waals surface area contributed by atoms with Gasteiger partial charge in [-0.1, -0.05) is 6.92 Å². The molecular weight excluding hydrogens is 198 g/mol. The van der Waals surface area contributed by atoms with E-state index in [4.69, 9.17) is 0 Å². The monoisotopic (exact) mass is 211 g/mol. The summed E-state index contributed by atoms with van der Waals surface area (Å²) in [6.07, 6.45) is 2.07. The van der Waals surface area contributed by atoms with Gasteiger partial charge in [0.25, 0.3) is 5.56 Å². The maximum atomic E-state index is 11.3. The molecule has 1 rings (SSSR count). The largest absolute Gasteiger partial charge is 0.355 e. The van der Waals surface area contributed by atoms with Gasteiger partial charge in [0.1, 0.15) is 6.54 Å². The summed E-state index contributed by atoms with van der Waals surface area (Å²) in [6.45, 7) is 2.22. The number of aromatic nitrogens is 2. The van der Waals surface area contributed by atoms with Crippen LogP contribution in [0.3, 0.4) is 0 Å². The summed E-state index contributed by atoms with van der Waals surface area (Å²) >= 11 is 0. The fourth-order valence-electron chi connectivity index (χ4n) is 1.07. The van der Waals surface area contributed by atoms with Crippen LogP contribution in [0.2, 0.25) is 0 Å². The summed E-state index contributed by atoms with van der Waals surface area (Å²) in [7, 11) is 0. The predicted octanol–water partition coefficient (Wildman–Crippen LogP) is -0.937. The molecule has 1 heterocycles. The molecule has 0 atom stereocenters. The van der Waals surface area contributed by atoms with E-state index in [9.17, 15) is 14.4 Å². The van der Waals surface area contributed by atoms with Crippen LogP contribution in [0, 0.1) is 0 Å². The van der Waals surface area contributed by atoms with Crippen LogP contribution in [0.1, 0.15) is 13.3 Å². The number of nitrogens with one attached hydrogen (secondary N) is 2. The Morgan fingerprint density at radius 1 is 1.53 bits per heavy atom. The highest BCUT2D eigenvalue weighted by Crippen LogP contribution is 1.75. The summed E-state index contributed by atoms with van der Waals surface area (Å²) in [4.78, 5) is 36.0. The minimum atomic E-state index is -0.575. The number of rotatable bonds is 4. The van der Waals surface area contributed by atoms with Crippen molar-refractivity contribution in [2.45, 2.75) is 19.9 Å². The molecule has 82 valence electrons. The van der Waals surface area contributed by atoms with E-state index in [1.54, 1.807) is 0 Å². The van der Waals surface area contributed by atoms with Crippen molar-refractivity contribution >= 4 is 5.91 Å². The van der Waals surface area contributed by atoms with E-state index >= 15 is 0 Å². The molecule has 6 nitrogen and oxygen atoms in total. The lowest BCUT2D eigenvalue weighted by atomic mass is 10.4. The molecule has 1 amide bonds. The van der Waals surface area contributed by atoms with Crippen LogP contribution >= 0.6 is 0 Å². The highest BCUT2D eigenvalue weighted by Gasteiger charge is 2.05. The Balaban J connectivity index is 2.77. The van der Waals surface area contributed by atoms with E-state index < -0.39 is 11.2 Å². The SMILES string of the molecule is CCCNC(=O)Cn1c(=O)cc[nH]c1=O. The van der Waals surface area contributed by atoms with Crippen molar-refractivity contribution in [2.75, 3.05) is 6.54 Å². The van der Waals surface area contributed by atoms with Gasteiger partial charge in [0, 0.05) is 18.8 Å². The molecule has 0 aliphatic rings. The number of carbonyl (C=O) groups is 1. The smallest absolute Gasteiger partial charge is 0.328 e.